The zero-order valence-corrected chi connectivity index (χ0v) is 11.9. The maximum absolute atomic E-state index is 3.99. The van der Waals surface area contributed by atoms with Crippen LogP contribution >= 0.6 is 0 Å². The molecule has 0 aromatic carbocycles. The third-order valence-corrected chi connectivity index (χ3v) is 6.08. The summed E-state index contributed by atoms with van der Waals surface area (Å²) in [6.45, 7) is 11.8. The molecule has 0 spiro atoms. The Morgan fingerprint density at radius 1 is 1.06 bits per heavy atom. The maximum Gasteiger partial charge on any atom is 0.0605 e. The van der Waals surface area contributed by atoms with Crippen LogP contribution in [0, 0.1) is 0 Å². The van der Waals surface area contributed by atoms with Crippen molar-refractivity contribution in [2.24, 2.45) is 0 Å². The Morgan fingerprint density at radius 2 is 1.50 bits per heavy atom. The lowest BCUT2D eigenvalue weighted by molar-refractivity contribution is 0.0945. The van der Waals surface area contributed by atoms with E-state index >= 15 is 0 Å². The van der Waals surface area contributed by atoms with Gasteiger partial charge in [-0.05, 0) is 57.9 Å². The molecule has 0 aromatic heterocycles. The number of rotatable bonds is 5. The number of likely N-dealkylation sites (tertiary alicyclic amines) is 2. The molecule has 0 bridgehead atoms. The Labute approximate surface area is 102 Å². The highest BCUT2D eigenvalue weighted by Crippen LogP contribution is 2.23. The van der Waals surface area contributed by atoms with Gasteiger partial charge in [-0.15, -0.1) is 12.3 Å². The Balaban J connectivity index is 1.96. The standard InChI is InChI=1S/C13H26N2Si/c1-3-16(2)12-13(14-8-4-5-9-14)15-10-6-7-11-15/h3,13,16H,1,4-12H2,2H3. The molecule has 3 heteroatoms. The summed E-state index contributed by atoms with van der Waals surface area (Å²) in [4.78, 5) is 5.47. The van der Waals surface area contributed by atoms with Gasteiger partial charge in [0, 0.05) is 0 Å². The number of nitrogens with zero attached hydrogens (tertiary/aromatic N) is 2. The first-order valence-electron chi connectivity index (χ1n) is 6.92. The van der Waals surface area contributed by atoms with E-state index in [0.29, 0.717) is 0 Å². The highest BCUT2D eigenvalue weighted by Gasteiger charge is 2.29. The summed E-state index contributed by atoms with van der Waals surface area (Å²) < 4.78 is 0. The second-order valence-corrected chi connectivity index (χ2v) is 8.31. The fraction of sp³-hybridized carbons (Fsp3) is 0.846. The summed E-state index contributed by atoms with van der Waals surface area (Å²) in [5.74, 6) is 0. The molecule has 0 radical (unpaired) electrons. The molecule has 0 N–H and O–H groups in total. The van der Waals surface area contributed by atoms with Crippen LogP contribution in [0.5, 0.6) is 0 Å². The van der Waals surface area contributed by atoms with E-state index in [1.807, 2.05) is 0 Å². The van der Waals surface area contributed by atoms with Gasteiger partial charge in [0.05, 0.1) is 15.0 Å². The minimum atomic E-state index is -0.671. The normalized spacial score (nSPS) is 25.4. The van der Waals surface area contributed by atoms with Crippen LogP contribution in [0.2, 0.25) is 12.6 Å². The minimum Gasteiger partial charge on any atom is -0.288 e. The molecule has 1 atom stereocenters. The van der Waals surface area contributed by atoms with E-state index in [4.69, 9.17) is 0 Å². The first-order valence-corrected chi connectivity index (χ1v) is 9.55. The monoisotopic (exact) mass is 238 g/mol. The molecule has 92 valence electrons. The van der Waals surface area contributed by atoms with Crippen LogP contribution in [0.1, 0.15) is 25.7 Å². The lowest BCUT2D eigenvalue weighted by Crippen LogP contribution is -2.47. The molecule has 1 unspecified atom stereocenters. The van der Waals surface area contributed by atoms with Gasteiger partial charge >= 0.3 is 0 Å². The van der Waals surface area contributed by atoms with Crippen molar-refractivity contribution in [1.82, 2.24) is 9.80 Å². The summed E-state index contributed by atoms with van der Waals surface area (Å²) in [5, 5.41) is 0. The molecular formula is C13H26N2Si. The van der Waals surface area contributed by atoms with Crippen LogP contribution in [-0.4, -0.2) is 50.9 Å². The molecule has 2 aliphatic heterocycles. The van der Waals surface area contributed by atoms with E-state index in [2.05, 4.69) is 28.6 Å². The average Bonchev–Trinajstić information content (AvgIpc) is 2.97. The predicted octanol–water partition coefficient (Wildman–Crippen LogP) is 2.09. The Kier molecular flexibility index (Phi) is 4.62. The van der Waals surface area contributed by atoms with Crippen LogP contribution in [0.3, 0.4) is 0 Å². The molecule has 2 aliphatic rings. The molecule has 0 amide bonds. The number of hydrogen-bond donors (Lipinski definition) is 0. The van der Waals surface area contributed by atoms with Crippen LogP contribution in [0.4, 0.5) is 0 Å². The third-order valence-electron chi connectivity index (χ3n) is 4.11. The molecule has 2 saturated heterocycles. The predicted molar refractivity (Wildman–Crippen MR) is 73.4 cm³/mol. The van der Waals surface area contributed by atoms with Crippen molar-refractivity contribution in [3.63, 3.8) is 0 Å². The summed E-state index contributed by atoms with van der Waals surface area (Å²) in [6, 6.07) is 1.41. The lowest BCUT2D eigenvalue weighted by Gasteiger charge is -2.36. The lowest BCUT2D eigenvalue weighted by atomic mass is 10.4. The second-order valence-electron chi connectivity index (χ2n) is 5.42. The van der Waals surface area contributed by atoms with Gasteiger partial charge in [0.2, 0.25) is 0 Å². The van der Waals surface area contributed by atoms with Gasteiger partial charge in [-0.2, -0.15) is 0 Å². The third kappa shape index (κ3) is 2.96. The van der Waals surface area contributed by atoms with Gasteiger partial charge in [0.25, 0.3) is 0 Å². The summed E-state index contributed by atoms with van der Waals surface area (Å²) >= 11 is 0. The Bertz CT molecular complexity index is 204. The van der Waals surface area contributed by atoms with E-state index in [1.165, 1.54) is 57.9 Å². The maximum atomic E-state index is 3.99. The van der Waals surface area contributed by atoms with E-state index in [1.54, 1.807) is 0 Å². The zero-order chi connectivity index (χ0) is 11.4. The van der Waals surface area contributed by atoms with Gasteiger partial charge in [-0.25, -0.2) is 0 Å². The van der Waals surface area contributed by atoms with Crippen molar-refractivity contribution in [2.75, 3.05) is 26.2 Å². The SMILES string of the molecule is C=C[SiH](C)CC(N1CCCC1)N1CCCC1. The molecule has 0 aromatic rings. The van der Waals surface area contributed by atoms with Crippen molar-refractivity contribution in [2.45, 2.75) is 44.4 Å². The van der Waals surface area contributed by atoms with E-state index in [9.17, 15) is 0 Å². The molecule has 0 saturated carbocycles. The highest BCUT2D eigenvalue weighted by molar-refractivity contribution is 6.62. The topological polar surface area (TPSA) is 6.48 Å². The van der Waals surface area contributed by atoms with Crippen LogP contribution in [0.25, 0.3) is 0 Å². The molecule has 2 fully saturated rings. The van der Waals surface area contributed by atoms with Gasteiger partial charge in [0.1, 0.15) is 0 Å². The Hall–Kier alpha value is -0.123. The van der Waals surface area contributed by atoms with Gasteiger partial charge < -0.3 is 0 Å². The molecular weight excluding hydrogens is 212 g/mol. The van der Waals surface area contributed by atoms with Crippen molar-refractivity contribution in [1.29, 1.82) is 0 Å². The molecule has 2 nitrogen and oxygen atoms in total. The van der Waals surface area contributed by atoms with Crippen LogP contribution < -0.4 is 0 Å². The quantitative estimate of drug-likeness (QED) is 0.677. The van der Waals surface area contributed by atoms with Gasteiger partial charge in [-0.1, -0.05) is 6.55 Å². The second kappa shape index (κ2) is 5.99. The summed E-state index contributed by atoms with van der Waals surface area (Å²) in [7, 11) is -0.671. The van der Waals surface area contributed by atoms with Crippen LogP contribution in [0.15, 0.2) is 12.3 Å². The van der Waals surface area contributed by atoms with Gasteiger partial charge in [0.15, 0.2) is 0 Å². The summed E-state index contributed by atoms with van der Waals surface area (Å²) in [5.41, 5.74) is 2.25. The van der Waals surface area contributed by atoms with Crippen molar-refractivity contribution in [3.05, 3.63) is 12.3 Å². The summed E-state index contributed by atoms with van der Waals surface area (Å²) in [6.07, 6.45) is 6.40. The van der Waals surface area contributed by atoms with E-state index in [-0.39, 0.29) is 0 Å². The van der Waals surface area contributed by atoms with Gasteiger partial charge in [-0.3, -0.25) is 9.80 Å². The zero-order valence-electron chi connectivity index (χ0n) is 10.7. The largest absolute Gasteiger partial charge is 0.288 e. The van der Waals surface area contributed by atoms with E-state index in [0.717, 1.165) is 6.17 Å². The average molecular weight is 238 g/mol. The molecule has 16 heavy (non-hydrogen) atoms. The van der Waals surface area contributed by atoms with Crippen molar-refractivity contribution >= 4 is 8.80 Å². The molecule has 2 heterocycles. The number of hydrogen-bond acceptors (Lipinski definition) is 2. The fourth-order valence-electron chi connectivity index (χ4n) is 3.04. The van der Waals surface area contributed by atoms with Crippen molar-refractivity contribution < 1.29 is 0 Å². The van der Waals surface area contributed by atoms with E-state index < -0.39 is 8.80 Å². The first kappa shape index (κ1) is 12.3. The molecule has 2 rings (SSSR count). The van der Waals surface area contributed by atoms with Crippen molar-refractivity contribution in [3.8, 4) is 0 Å². The fourth-order valence-corrected chi connectivity index (χ4v) is 4.49. The molecule has 0 aliphatic carbocycles. The Morgan fingerprint density at radius 3 is 1.88 bits per heavy atom. The minimum absolute atomic E-state index is 0.671. The smallest absolute Gasteiger partial charge is 0.0605 e. The van der Waals surface area contributed by atoms with Crippen LogP contribution in [-0.2, 0) is 0 Å². The highest BCUT2D eigenvalue weighted by atomic mass is 28.3. The first-order chi connectivity index (χ1) is 7.81.